The average molecular weight is 438 g/mol. The van der Waals surface area contributed by atoms with Crippen LogP contribution in [0, 0.1) is 5.82 Å². The molecule has 1 aliphatic carbocycles. The summed E-state index contributed by atoms with van der Waals surface area (Å²) in [6.07, 6.45) is 0.664. The number of fused-ring (bicyclic) bond motifs is 1. The van der Waals surface area contributed by atoms with Crippen molar-refractivity contribution in [3.8, 4) is 0 Å². The van der Waals surface area contributed by atoms with E-state index in [1.807, 2.05) is 11.9 Å². The second-order valence-electron chi connectivity index (χ2n) is 7.56. The third kappa shape index (κ3) is 3.84. The molecule has 0 saturated heterocycles. The molecule has 2 aromatic rings. The number of hydrogen-bond acceptors (Lipinski definition) is 5. The lowest BCUT2D eigenvalue weighted by molar-refractivity contribution is -0.139. The molecule has 7 nitrogen and oxygen atoms in total. The highest BCUT2D eigenvalue weighted by atomic mass is 19.4. The van der Waals surface area contributed by atoms with E-state index >= 15 is 0 Å². The van der Waals surface area contributed by atoms with Gasteiger partial charge in [0.1, 0.15) is 11.5 Å². The number of anilines is 4. The van der Waals surface area contributed by atoms with Crippen LogP contribution in [0.4, 0.5) is 45.5 Å². The molecule has 11 heteroatoms. The minimum absolute atomic E-state index is 0.0884. The average Bonchev–Trinajstić information content (AvgIpc) is 3.23. The molecule has 1 aliphatic heterocycles. The lowest BCUT2D eigenvalue weighted by Crippen LogP contribution is -2.59. The Kier molecular flexibility index (Phi) is 5.36. The second-order valence-corrected chi connectivity index (χ2v) is 7.56. The minimum Gasteiger partial charge on any atom is -0.324 e. The molecule has 0 unspecified atom stereocenters. The van der Waals surface area contributed by atoms with Crippen LogP contribution in [0.2, 0.25) is 0 Å². The van der Waals surface area contributed by atoms with Gasteiger partial charge in [-0.15, -0.1) is 0 Å². The van der Waals surface area contributed by atoms with E-state index in [4.69, 9.17) is 0 Å². The summed E-state index contributed by atoms with van der Waals surface area (Å²) in [6.45, 7) is 2.33. The van der Waals surface area contributed by atoms with Gasteiger partial charge in [0.25, 0.3) is 0 Å². The Bertz CT molecular complexity index is 992. The molecule has 0 spiro atoms. The predicted molar refractivity (Wildman–Crippen MR) is 108 cm³/mol. The Balaban J connectivity index is 1.69. The van der Waals surface area contributed by atoms with Crippen molar-refractivity contribution < 1.29 is 22.4 Å². The number of benzene rings is 1. The van der Waals surface area contributed by atoms with Crippen molar-refractivity contribution >= 4 is 29.2 Å². The van der Waals surface area contributed by atoms with Crippen LogP contribution in [-0.2, 0) is 6.18 Å². The molecule has 2 heterocycles. The first kappa shape index (κ1) is 21.1. The third-order valence-corrected chi connectivity index (χ3v) is 5.60. The topological polar surface area (TPSA) is 64.6 Å². The maximum atomic E-state index is 13.9. The van der Waals surface area contributed by atoms with E-state index in [0.29, 0.717) is 24.1 Å². The van der Waals surface area contributed by atoms with E-state index in [1.165, 1.54) is 11.1 Å². The number of hydrogen-bond donors (Lipinski definition) is 1. The molecular formula is C20H22F4N6O. The fourth-order valence-corrected chi connectivity index (χ4v) is 4.07. The number of halogens is 4. The standard InChI is InChI=1S/C20H22F4N6O/c1-3-29-19(31)28(2)16-11-25-18(27-17(16)30(29)13-6-4-5-7-13)26-12-8-9-14(15(21)10-12)20(22,23)24/h8-11,13H,3-7H2,1-2H3,(H,25,26,27). The summed E-state index contributed by atoms with van der Waals surface area (Å²) >= 11 is 0. The van der Waals surface area contributed by atoms with E-state index in [2.05, 4.69) is 15.3 Å². The maximum Gasteiger partial charge on any atom is 0.419 e. The number of carbonyl (C=O) groups is 1. The molecule has 2 aliphatic rings. The number of urea groups is 1. The van der Waals surface area contributed by atoms with Crippen molar-refractivity contribution in [3.63, 3.8) is 0 Å². The van der Waals surface area contributed by atoms with Gasteiger partial charge in [-0.05, 0) is 38.0 Å². The first-order chi connectivity index (χ1) is 14.7. The fourth-order valence-electron chi connectivity index (χ4n) is 4.07. The van der Waals surface area contributed by atoms with Gasteiger partial charge in [0.05, 0.1) is 17.8 Å². The van der Waals surface area contributed by atoms with Gasteiger partial charge in [-0.3, -0.25) is 9.91 Å². The zero-order chi connectivity index (χ0) is 22.3. The van der Waals surface area contributed by atoms with E-state index in [-0.39, 0.29) is 23.7 Å². The van der Waals surface area contributed by atoms with Gasteiger partial charge in [0, 0.05) is 19.3 Å². The van der Waals surface area contributed by atoms with Crippen LogP contribution in [0.25, 0.3) is 0 Å². The summed E-state index contributed by atoms with van der Waals surface area (Å²) in [5.41, 5.74) is -0.716. The molecule has 1 aromatic heterocycles. The van der Waals surface area contributed by atoms with Gasteiger partial charge >= 0.3 is 12.2 Å². The SMILES string of the molecule is CCN1C(=O)N(C)c2cnc(Nc3ccc(C(F)(F)F)c(F)c3)nc2N1C1CCCC1. The number of amides is 2. The van der Waals surface area contributed by atoms with Gasteiger partial charge in [-0.25, -0.2) is 19.2 Å². The second kappa shape index (κ2) is 7.86. The summed E-state index contributed by atoms with van der Waals surface area (Å²) in [6, 6.07) is 2.48. The van der Waals surface area contributed by atoms with Crippen LogP contribution in [0.1, 0.15) is 38.2 Å². The van der Waals surface area contributed by atoms with Crippen LogP contribution in [-0.4, -0.2) is 40.6 Å². The van der Waals surface area contributed by atoms with Crippen LogP contribution in [0.5, 0.6) is 0 Å². The van der Waals surface area contributed by atoms with E-state index < -0.39 is 17.6 Å². The van der Waals surface area contributed by atoms with Gasteiger partial charge in [0.15, 0.2) is 5.82 Å². The Morgan fingerprint density at radius 3 is 2.55 bits per heavy atom. The molecule has 1 aromatic carbocycles. The van der Waals surface area contributed by atoms with Crippen molar-refractivity contribution in [3.05, 3.63) is 35.8 Å². The highest BCUT2D eigenvalue weighted by Gasteiger charge is 2.39. The monoisotopic (exact) mass is 438 g/mol. The zero-order valence-corrected chi connectivity index (χ0v) is 17.1. The lowest BCUT2D eigenvalue weighted by atomic mass is 10.2. The van der Waals surface area contributed by atoms with Crippen molar-refractivity contribution in [1.82, 2.24) is 15.0 Å². The summed E-state index contributed by atoms with van der Waals surface area (Å²) in [5.74, 6) is -0.758. The maximum absolute atomic E-state index is 13.9. The van der Waals surface area contributed by atoms with E-state index in [9.17, 15) is 22.4 Å². The summed E-state index contributed by atoms with van der Waals surface area (Å²) in [4.78, 5) is 23.0. The summed E-state index contributed by atoms with van der Waals surface area (Å²) in [5, 5.41) is 6.29. The van der Waals surface area contributed by atoms with Crippen molar-refractivity contribution in [2.24, 2.45) is 0 Å². The first-order valence-electron chi connectivity index (χ1n) is 10.1. The van der Waals surface area contributed by atoms with Crippen molar-refractivity contribution in [1.29, 1.82) is 0 Å². The molecule has 1 N–H and O–H groups in total. The predicted octanol–water partition coefficient (Wildman–Crippen LogP) is 4.93. The highest BCUT2D eigenvalue weighted by Crippen LogP contribution is 2.39. The first-order valence-corrected chi connectivity index (χ1v) is 10.1. The number of alkyl halides is 3. The largest absolute Gasteiger partial charge is 0.419 e. The van der Waals surface area contributed by atoms with Crippen molar-refractivity contribution in [2.75, 3.05) is 28.8 Å². The molecule has 0 atom stereocenters. The van der Waals surface area contributed by atoms with Gasteiger partial charge in [-0.1, -0.05) is 12.8 Å². The van der Waals surface area contributed by atoms with Crippen molar-refractivity contribution in [2.45, 2.75) is 44.8 Å². The van der Waals surface area contributed by atoms with Crippen LogP contribution in [0.3, 0.4) is 0 Å². The van der Waals surface area contributed by atoms with Gasteiger partial charge < -0.3 is 5.32 Å². The highest BCUT2D eigenvalue weighted by molar-refractivity contribution is 5.98. The lowest BCUT2D eigenvalue weighted by Gasteiger charge is -2.45. The smallest absolute Gasteiger partial charge is 0.324 e. The molecule has 2 amide bonds. The number of carbonyl (C=O) groups excluding carboxylic acids is 1. The fraction of sp³-hybridized carbons (Fsp3) is 0.450. The summed E-state index contributed by atoms with van der Waals surface area (Å²) < 4.78 is 52.3. The number of nitrogens with zero attached hydrogens (tertiary/aromatic N) is 5. The Labute approximate surface area is 176 Å². The Morgan fingerprint density at radius 1 is 1.23 bits per heavy atom. The Morgan fingerprint density at radius 2 is 1.94 bits per heavy atom. The number of rotatable bonds is 4. The molecule has 4 rings (SSSR count). The third-order valence-electron chi connectivity index (χ3n) is 5.60. The molecule has 166 valence electrons. The Hall–Kier alpha value is -3.11. The van der Waals surface area contributed by atoms with Crippen LogP contribution in [0.15, 0.2) is 24.4 Å². The number of hydrazine groups is 1. The minimum atomic E-state index is -4.77. The molecule has 1 fully saturated rings. The number of aromatic nitrogens is 2. The molecule has 0 radical (unpaired) electrons. The van der Waals surface area contributed by atoms with E-state index in [0.717, 1.165) is 37.8 Å². The quantitative estimate of drug-likeness (QED) is 0.686. The summed E-state index contributed by atoms with van der Waals surface area (Å²) in [7, 11) is 1.64. The zero-order valence-electron chi connectivity index (χ0n) is 17.1. The molecule has 0 bridgehead atoms. The van der Waals surface area contributed by atoms with Crippen LogP contribution >= 0.6 is 0 Å². The molecule has 1 saturated carbocycles. The molecular weight excluding hydrogens is 416 g/mol. The van der Waals surface area contributed by atoms with Crippen LogP contribution < -0.4 is 15.2 Å². The molecule has 31 heavy (non-hydrogen) atoms. The normalized spacial score (nSPS) is 17.4. The van der Waals surface area contributed by atoms with Gasteiger partial charge in [0.2, 0.25) is 5.95 Å². The van der Waals surface area contributed by atoms with Gasteiger partial charge in [-0.2, -0.15) is 18.2 Å². The number of nitrogens with one attached hydrogen (secondary N) is 1. The van der Waals surface area contributed by atoms with E-state index in [1.54, 1.807) is 12.1 Å².